The summed E-state index contributed by atoms with van der Waals surface area (Å²) in [5.74, 6) is -0.918. The topological polar surface area (TPSA) is 231 Å². The second-order valence-electron chi connectivity index (χ2n) is 17.3. The van der Waals surface area contributed by atoms with Crippen LogP contribution in [0, 0.1) is 0 Å². The summed E-state index contributed by atoms with van der Waals surface area (Å²) in [6, 6.07) is 0. The van der Waals surface area contributed by atoms with Gasteiger partial charge in [0.25, 0.3) is 0 Å². The molecule has 0 aromatic heterocycles. The molecule has 2 fully saturated rings. The number of aliphatic hydroxyl groups excluding tert-OH is 7. The number of hydrogen-bond donors (Lipinski definition) is 7. The van der Waals surface area contributed by atoms with Gasteiger partial charge in [-0.1, -0.05) is 162 Å². The molecule has 2 aliphatic heterocycles. The van der Waals surface area contributed by atoms with Crippen molar-refractivity contribution in [3.8, 4) is 0 Å². The molecule has 0 aromatic carbocycles. The number of carbonyl (C=O) groups excluding carboxylic acids is 2. The van der Waals surface area contributed by atoms with Gasteiger partial charge in [0.1, 0.15) is 55.4 Å². The molecule has 0 aromatic rings. The fourth-order valence-corrected chi connectivity index (χ4v) is 7.81. The van der Waals surface area contributed by atoms with Gasteiger partial charge in [0, 0.05) is 12.8 Å². The first-order valence-corrected chi connectivity index (χ1v) is 24.1. The normalized spacial score (nSPS) is 27.2. The number of aliphatic hydroxyl groups is 7. The molecule has 360 valence electrons. The van der Waals surface area contributed by atoms with Gasteiger partial charge in [0.05, 0.1) is 19.8 Å². The zero-order chi connectivity index (χ0) is 44.7. The van der Waals surface area contributed by atoms with E-state index in [1.54, 1.807) is 0 Å². The molecule has 61 heavy (non-hydrogen) atoms. The Balaban J connectivity index is 1.80. The fourth-order valence-electron chi connectivity index (χ4n) is 7.81. The molecule has 11 atom stereocenters. The fraction of sp³-hybridized carbons (Fsp3) is 0.957. The summed E-state index contributed by atoms with van der Waals surface area (Å²) in [5, 5.41) is 71.8. The highest BCUT2D eigenvalue weighted by Crippen LogP contribution is 2.26. The SMILES string of the molecule is CCCCCCCCCCCCCCCCCCCC(=O)OC(COC(=O)CCCCCCCCCC)COC1OC(COC2OC(CO)C(O)C(O)C2O)C(O)C(O)C1O. The minimum atomic E-state index is -1.76. The minimum absolute atomic E-state index is 0.173. The van der Waals surface area contributed by atoms with Crippen LogP contribution in [0.2, 0.25) is 0 Å². The number of unbranched alkanes of at least 4 members (excludes halogenated alkanes) is 23. The number of carbonyl (C=O) groups is 2. The molecule has 11 unspecified atom stereocenters. The van der Waals surface area contributed by atoms with Crippen LogP contribution in [0.1, 0.15) is 187 Å². The summed E-state index contributed by atoms with van der Waals surface area (Å²) >= 11 is 0. The second-order valence-corrected chi connectivity index (χ2v) is 17.3. The maximum atomic E-state index is 12.9. The lowest BCUT2D eigenvalue weighted by Gasteiger charge is -2.42. The standard InChI is InChI=1S/C46H86O15/c1-3-5-7-9-11-13-14-15-16-17-18-19-20-21-23-25-27-29-38(49)59-34(31-56-37(48)28-26-24-22-12-10-8-6-4-2)32-57-45-44(55)42(53)40(51)36(61-45)33-58-46-43(54)41(52)39(50)35(30-47)60-46/h34-36,39-47,50-55H,3-33H2,1-2H3. The Morgan fingerprint density at radius 3 is 1.28 bits per heavy atom. The van der Waals surface area contributed by atoms with E-state index in [9.17, 15) is 45.3 Å². The molecule has 0 radical (unpaired) electrons. The molecule has 0 amide bonds. The predicted octanol–water partition coefficient (Wildman–Crippen LogP) is 5.65. The van der Waals surface area contributed by atoms with Crippen LogP contribution in [0.25, 0.3) is 0 Å². The average molecular weight is 879 g/mol. The van der Waals surface area contributed by atoms with Crippen molar-refractivity contribution in [3.05, 3.63) is 0 Å². The molecular weight excluding hydrogens is 792 g/mol. The third-order valence-corrected chi connectivity index (χ3v) is 11.8. The van der Waals surface area contributed by atoms with Crippen molar-refractivity contribution >= 4 is 11.9 Å². The molecular formula is C46H86O15. The molecule has 2 heterocycles. The number of hydrogen-bond acceptors (Lipinski definition) is 15. The zero-order valence-electron chi connectivity index (χ0n) is 37.7. The second kappa shape index (κ2) is 34.8. The smallest absolute Gasteiger partial charge is 0.306 e. The minimum Gasteiger partial charge on any atom is -0.462 e. The van der Waals surface area contributed by atoms with E-state index in [1.165, 1.54) is 109 Å². The van der Waals surface area contributed by atoms with Crippen molar-refractivity contribution < 1.29 is 73.8 Å². The van der Waals surface area contributed by atoms with Crippen molar-refractivity contribution in [2.45, 2.75) is 255 Å². The van der Waals surface area contributed by atoms with Gasteiger partial charge in [-0.05, 0) is 12.8 Å². The molecule has 2 aliphatic rings. The van der Waals surface area contributed by atoms with Crippen LogP contribution in [0.4, 0.5) is 0 Å². The summed E-state index contributed by atoms with van der Waals surface area (Å²) < 4.78 is 33.4. The Bertz CT molecular complexity index is 1080. The van der Waals surface area contributed by atoms with Crippen molar-refractivity contribution in [1.82, 2.24) is 0 Å². The Morgan fingerprint density at radius 1 is 0.459 bits per heavy atom. The average Bonchev–Trinajstić information content (AvgIpc) is 3.25. The summed E-state index contributed by atoms with van der Waals surface area (Å²) in [4.78, 5) is 25.6. The Kier molecular flexibility index (Phi) is 31.8. The first kappa shape index (κ1) is 55.6. The third-order valence-electron chi connectivity index (χ3n) is 11.8. The quantitative estimate of drug-likeness (QED) is 0.0295. The van der Waals surface area contributed by atoms with Gasteiger partial charge in [-0.2, -0.15) is 0 Å². The van der Waals surface area contributed by atoms with Crippen molar-refractivity contribution in [2.24, 2.45) is 0 Å². The monoisotopic (exact) mass is 879 g/mol. The van der Waals surface area contributed by atoms with Gasteiger partial charge >= 0.3 is 11.9 Å². The van der Waals surface area contributed by atoms with Crippen molar-refractivity contribution in [1.29, 1.82) is 0 Å². The largest absolute Gasteiger partial charge is 0.462 e. The van der Waals surface area contributed by atoms with Crippen LogP contribution in [-0.4, -0.2) is 142 Å². The molecule has 0 saturated carbocycles. The van der Waals surface area contributed by atoms with Crippen molar-refractivity contribution in [3.63, 3.8) is 0 Å². The van der Waals surface area contributed by atoms with Crippen LogP contribution in [0.3, 0.4) is 0 Å². The van der Waals surface area contributed by atoms with Gasteiger partial charge in [-0.15, -0.1) is 0 Å². The number of ether oxygens (including phenoxy) is 6. The van der Waals surface area contributed by atoms with Crippen LogP contribution in [-0.2, 0) is 38.0 Å². The molecule has 2 rings (SSSR count). The first-order chi connectivity index (χ1) is 29.5. The van der Waals surface area contributed by atoms with Gasteiger partial charge in [-0.25, -0.2) is 0 Å². The van der Waals surface area contributed by atoms with E-state index in [0.717, 1.165) is 38.5 Å². The lowest BCUT2D eigenvalue weighted by atomic mass is 9.98. The van der Waals surface area contributed by atoms with E-state index < -0.39 is 92.7 Å². The van der Waals surface area contributed by atoms with Crippen LogP contribution in [0.5, 0.6) is 0 Å². The van der Waals surface area contributed by atoms with Crippen LogP contribution in [0.15, 0.2) is 0 Å². The highest BCUT2D eigenvalue weighted by atomic mass is 16.7. The molecule has 15 heteroatoms. The van der Waals surface area contributed by atoms with E-state index in [1.807, 2.05) is 0 Å². The number of esters is 2. The molecule has 0 spiro atoms. The molecule has 0 aliphatic carbocycles. The van der Waals surface area contributed by atoms with Gasteiger partial charge in [-0.3, -0.25) is 9.59 Å². The maximum Gasteiger partial charge on any atom is 0.306 e. The van der Waals surface area contributed by atoms with Gasteiger partial charge in [0.2, 0.25) is 0 Å². The maximum absolute atomic E-state index is 12.9. The summed E-state index contributed by atoms with van der Waals surface area (Å²) in [6.45, 7) is 2.57. The Labute approximate surface area is 366 Å². The predicted molar refractivity (Wildman–Crippen MR) is 229 cm³/mol. The Morgan fingerprint density at radius 2 is 0.836 bits per heavy atom. The van der Waals surface area contributed by atoms with Gasteiger partial charge < -0.3 is 64.2 Å². The van der Waals surface area contributed by atoms with Crippen LogP contribution >= 0.6 is 0 Å². The van der Waals surface area contributed by atoms with E-state index in [2.05, 4.69) is 13.8 Å². The van der Waals surface area contributed by atoms with E-state index >= 15 is 0 Å². The third kappa shape index (κ3) is 23.8. The lowest BCUT2D eigenvalue weighted by molar-refractivity contribution is -0.332. The van der Waals surface area contributed by atoms with Crippen molar-refractivity contribution in [2.75, 3.05) is 26.4 Å². The lowest BCUT2D eigenvalue weighted by Crippen LogP contribution is -2.61. The summed E-state index contributed by atoms with van der Waals surface area (Å²) in [5.41, 5.74) is 0. The molecule has 15 nitrogen and oxygen atoms in total. The number of rotatable bonds is 37. The molecule has 0 bridgehead atoms. The highest BCUT2D eigenvalue weighted by Gasteiger charge is 2.47. The zero-order valence-corrected chi connectivity index (χ0v) is 37.7. The Hall–Kier alpha value is -1.50. The van der Waals surface area contributed by atoms with E-state index in [0.29, 0.717) is 12.8 Å². The van der Waals surface area contributed by atoms with E-state index in [4.69, 9.17) is 28.4 Å². The highest BCUT2D eigenvalue weighted by molar-refractivity contribution is 5.70. The van der Waals surface area contributed by atoms with Gasteiger partial charge in [0.15, 0.2) is 18.7 Å². The van der Waals surface area contributed by atoms with Crippen LogP contribution < -0.4 is 0 Å². The van der Waals surface area contributed by atoms with E-state index in [-0.39, 0.29) is 26.1 Å². The molecule has 2 saturated heterocycles. The molecule has 7 N–H and O–H groups in total. The summed E-state index contributed by atoms with van der Waals surface area (Å²) in [7, 11) is 0. The summed E-state index contributed by atoms with van der Waals surface area (Å²) in [6.07, 6.45) is 13.0. The first-order valence-electron chi connectivity index (χ1n) is 24.1.